The third-order valence-corrected chi connectivity index (χ3v) is 5.79. The zero-order valence-corrected chi connectivity index (χ0v) is 17.9. The molecule has 2 aliphatic rings. The number of aryl methyl sites for hydroxylation is 1. The Labute approximate surface area is 182 Å². The fourth-order valence-electron chi connectivity index (χ4n) is 3.92. The van der Waals surface area contributed by atoms with Gasteiger partial charge in [-0.2, -0.15) is 0 Å². The number of ether oxygens (including phenoxy) is 1. The van der Waals surface area contributed by atoms with E-state index in [1.165, 1.54) is 12.1 Å². The van der Waals surface area contributed by atoms with Gasteiger partial charge in [-0.1, -0.05) is 12.1 Å². The van der Waals surface area contributed by atoms with E-state index in [2.05, 4.69) is 0 Å². The second kappa shape index (κ2) is 9.64. The number of carbonyl (C=O) groups is 2. The van der Waals surface area contributed by atoms with Crippen molar-refractivity contribution in [1.82, 2.24) is 9.80 Å². The van der Waals surface area contributed by atoms with Crippen LogP contribution in [0.15, 0.2) is 40.8 Å². The van der Waals surface area contributed by atoms with Gasteiger partial charge < -0.3 is 19.0 Å². The standard InChI is InChI=1S/C24H29FN2O4/c1-17-4-11-22(31-17)15-26(13-18-5-9-20(25)10-6-18)23(28)16-27(24(29)19-7-8-19)14-21-3-2-12-30-21/h4-6,9-11,19,21H,2-3,7-8,12-16H2,1H3/t21-/m1/s1. The largest absolute Gasteiger partial charge is 0.464 e. The van der Waals surface area contributed by atoms with Crippen LogP contribution in [0, 0.1) is 18.7 Å². The van der Waals surface area contributed by atoms with E-state index < -0.39 is 0 Å². The van der Waals surface area contributed by atoms with E-state index in [4.69, 9.17) is 9.15 Å². The Bertz CT molecular complexity index is 901. The van der Waals surface area contributed by atoms with Gasteiger partial charge in [0.25, 0.3) is 0 Å². The van der Waals surface area contributed by atoms with Gasteiger partial charge in [-0.25, -0.2) is 4.39 Å². The summed E-state index contributed by atoms with van der Waals surface area (Å²) in [6.45, 7) is 3.62. The van der Waals surface area contributed by atoms with Crippen LogP contribution < -0.4 is 0 Å². The predicted molar refractivity (Wildman–Crippen MR) is 112 cm³/mol. The highest BCUT2D eigenvalue weighted by Gasteiger charge is 2.36. The summed E-state index contributed by atoms with van der Waals surface area (Å²) >= 11 is 0. The van der Waals surface area contributed by atoms with E-state index in [9.17, 15) is 14.0 Å². The molecule has 0 spiro atoms. The highest BCUT2D eigenvalue weighted by molar-refractivity contribution is 5.87. The summed E-state index contributed by atoms with van der Waals surface area (Å²) in [7, 11) is 0. The molecule has 2 heterocycles. The maximum absolute atomic E-state index is 13.3. The molecule has 166 valence electrons. The zero-order chi connectivity index (χ0) is 21.8. The number of carbonyl (C=O) groups excluding carboxylic acids is 2. The van der Waals surface area contributed by atoms with E-state index in [0.29, 0.717) is 25.5 Å². The number of nitrogens with zero attached hydrogens (tertiary/aromatic N) is 2. The maximum atomic E-state index is 13.3. The molecule has 2 amide bonds. The van der Waals surface area contributed by atoms with Crippen molar-refractivity contribution in [3.63, 3.8) is 0 Å². The molecule has 2 fully saturated rings. The third-order valence-electron chi connectivity index (χ3n) is 5.79. The Kier molecular flexibility index (Phi) is 6.70. The van der Waals surface area contributed by atoms with Crippen molar-refractivity contribution in [1.29, 1.82) is 0 Å². The van der Waals surface area contributed by atoms with Gasteiger partial charge in [-0.05, 0) is 62.4 Å². The summed E-state index contributed by atoms with van der Waals surface area (Å²) in [5, 5.41) is 0. The molecule has 0 radical (unpaired) electrons. The molecule has 0 bridgehead atoms. The van der Waals surface area contributed by atoms with Gasteiger partial charge in [-0.15, -0.1) is 0 Å². The van der Waals surface area contributed by atoms with Gasteiger partial charge >= 0.3 is 0 Å². The van der Waals surface area contributed by atoms with Crippen LogP contribution in [0.3, 0.4) is 0 Å². The Morgan fingerprint density at radius 2 is 1.81 bits per heavy atom. The van der Waals surface area contributed by atoms with Crippen LogP contribution in [0.1, 0.15) is 42.8 Å². The summed E-state index contributed by atoms with van der Waals surface area (Å²) in [5.74, 6) is 1.04. The molecular formula is C24H29FN2O4. The number of benzene rings is 1. The van der Waals surface area contributed by atoms with Crippen molar-refractivity contribution in [2.24, 2.45) is 5.92 Å². The predicted octanol–water partition coefficient (Wildman–Crippen LogP) is 3.67. The first-order valence-electron chi connectivity index (χ1n) is 11.0. The number of amides is 2. The molecule has 2 aromatic rings. The van der Waals surface area contributed by atoms with Crippen LogP contribution in [0.2, 0.25) is 0 Å². The first-order valence-corrected chi connectivity index (χ1v) is 11.0. The molecule has 1 aliphatic carbocycles. The van der Waals surface area contributed by atoms with Crippen molar-refractivity contribution in [3.8, 4) is 0 Å². The van der Waals surface area contributed by atoms with E-state index >= 15 is 0 Å². The lowest BCUT2D eigenvalue weighted by molar-refractivity contribution is -0.143. The van der Waals surface area contributed by atoms with E-state index in [1.807, 2.05) is 19.1 Å². The minimum atomic E-state index is -0.318. The zero-order valence-electron chi connectivity index (χ0n) is 17.9. The summed E-state index contributed by atoms with van der Waals surface area (Å²) in [6, 6.07) is 9.81. The van der Waals surface area contributed by atoms with Crippen molar-refractivity contribution >= 4 is 11.8 Å². The molecule has 0 unspecified atom stereocenters. The molecule has 1 saturated heterocycles. The van der Waals surface area contributed by atoms with Crippen molar-refractivity contribution in [2.45, 2.75) is 51.8 Å². The van der Waals surface area contributed by atoms with Crippen LogP contribution >= 0.6 is 0 Å². The smallest absolute Gasteiger partial charge is 0.242 e. The van der Waals surface area contributed by atoms with E-state index in [-0.39, 0.29) is 42.7 Å². The maximum Gasteiger partial charge on any atom is 0.242 e. The van der Waals surface area contributed by atoms with Crippen molar-refractivity contribution < 1.29 is 23.1 Å². The summed E-state index contributed by atoms with van der Waals surface area (Å²) in [6.07, 6.45) is 3.67. The molecule has 1 aromatic carbocycles. The highest BCUT2D eigenvalue weighted by atomic mass is 19.1. The Morgan fingerprint density at radius 3 is 2.42 bits per heavy atom. The van der Waals surface area contributed by atoms with Crippen LogP contribution in [-0.4, -0.2) is 47.4 Å². The lowest BCUT2D eigenvalue weighted by Crippen LogP contribution is -2.45. The summed E-state index contributed by atoms with van der Waals surface area (Å²) < 4.78 is 24.7. The fraction of sp³-hybridized carbons (Fsp3) is 0.500. The Hall–Kier alpha value is -2.67. The van der Waals surface area contributed by atoms with Crippen molar-refractivity contribution in [3.05, 3.63) is 59.3 Å². The van der Waals surface area contributed by atoms with E-state index in [0.717, 1.165) is 37.0 Å². The topological polar surface area (TPSA) is 63.0 Å². The minimum absolute atomic E-state index is 0.00577. The third kappa shape index (κ3) is 5.94. The number of hydrogen-bond acceptors (Lipinski definition) is 4. The number of hydrogen-bond donors (Lipinski definition) is 0. The second-order valence-electron chi connectivity index (χ2n) is 8.52. The Morgan fingerprint density at radius 1 is 1.03 bits per heavy atom. The monoisotopic (exact) mass is 428 g/mol. The van der Waals surface area contributed by atoms with Crippen LogP contribution in [0.25, 0.3) is 0 Å². The number of halogens is 1. The average molecular weight is 429 g/mol. The normalized spacial score (nSPS) is 18.2. The fourth-order valence-corrected chi connectivity index (χ4v) is 3.92. The second-order valence-corrected chi connectivity index (χ2v) is 8.52. The quantitative estimate of drug-likeness (QED) is 0.611. The molecule has 1 aromatic heterocycles. The molecule has 1 saturated carbocycles. The van der Waals surface area contributed by atoms with Gasteiger partial charge in [0.1, 0.15) is 17.3 Å². The number of rotatable bonds is 9. The molecule has 6 nitrogen and oxygen atoms in total. The molecule has 4 rings (SSSR count). The van der Waals surface area contributed by atoms with Gasteiger partial charge in [0.2, 0.25) is 11.8 Å². The lowest BCUT2D eigenvalue weighted by atomic mass is 10.2. The molecule has 0 N–H and O–H groups in total. The molecule has 1 aliphatic heterocycles. The first-order chi connectivity index (χ1) is 15.0. The molecule has 31 heavy (non-hydrogen) atoms. The Balaban J connectivity index is 1.49. The van der Waals surface area contributed by atoms with Gasteiger partial charge in [0, 0.05) is 25.6 Å². The summed E-state index contributed by atoms with van der Waals surface area (Å²) in [5.41, 5.74) is 0.817. The van der Waals surface area contributed by atoms with Crippen LogP contribution in [0.5, 0.6) is 0 Å². The van der Waals surface area contributed by atoms with Gasteiger partial charge in [0.15, 0.2) is 0 Å². The van der Waals surface area contributed by atoms with Crippen LogP contribution in [0.4, 0.5) is 4.39 Å². The van der Waals surface area contributed by atoms with Crippen molar-refractivity contribution in [2.75, 3.05) is 19.7 Å². The SMILES string of the molecule is Cc1ccc(CN(Cc2ccc(F)cc2)C(=O)CN(C[C@H]2CCCO2)C(=O)C2CC2)o1. The van der Waals surface area contributed by atoms with Gasteiger partial charge in [-0.3, -0.25) is 9.59 Å². The molecule has 1 atom stereocenters. The minimum Gasteiger partial charge on any atom is -0.464 e. The highest BCUT2D eigenvalue weighted by Crippen LogP contribution is 2.31. The van der Waals surface area contributed by atoms with Gasteiger partial charge in [0.05, 0.1) is 19.2 Å². The summed E-state index contributed by atoms with van der Waals surface area (Å²) in [4.78, 5) is 29.5. The average Bonchev–Trinajstić information content (AvgIpc) is 3.33. The lowest BCUT2D eigenvalue weighted by Gasteiger charge is -2.29. The molecular weight excluding hydrogens is 399 g/mol. The first kappa shape index (κ1) is 21.6. The van der Waals surface area contributed by atoms with Crippen LogP contribution in [-0.2, 0) is 27.4 Å². The number of furan rings is 1. The van der Waals surface area contributed by atoms with E-state index in [1.54, 1.807) is 21.9 Å². The molecule has 7 heteroatoms.